The summed E-state index contributed by atoms with van der Waals surface area (Å²) in [5.74, 6) is 2.14. The first-order chi connectivity index (χ1) is 14.7. The maximum atomic E-state index is 10.5. The van der Waals surface area contributed by atoms with Crippen molar-refractivity contribution in [1.29, 1.82) is 5.26 Å². The highest BCUT2D eigenvalue weighted by Gasteiger charge is 2.17. The highest BCUT2D eigenvalue weighted by molar-refractivity contribution is 5.74. The maximum absolute atomic E-state index is 10.5. The number of rotatable bonds is 5. The topological polar surface area (TPSA) is 84.2 Å². The Morgan fingerprint density at radius 1 is 1.13 bits per heavy atom. The minimum atomic E-state index is 0.0843. The van der Waals surface area contributed by atoms with E-state index in [1.807, 2.05) is 32.0 Å². The molecule has 0 radical (unpaired) electrons. The van der Waals surface area contributed by atoms with E-state index in [0.717, 1.165) is 29.9 Å². The third-order valence-electron chi connectivity index (χ3n) is 4.73. The van der Waals surface area contributed by atoms with Gasteiger partial charge in [-0.15, -0.1) is 0 Å². The zero-order valence-corrected chi connectivity index (χ0v) is 18.1. The molecule has 1 saturated heterocycles. The Hall–Kier alpha value is -2.91. The van der Waals surface area contributed by atoms with Gasteiger partial charge in [0.05, 0.1) is 18.8 Å². The lowest BCUT2D eigenvalue weighted by molar-refractivity contribution is -0.105. The van der Waals surface area contributed by atoms with E-state index >= 15 is 0 Å². The summed E-state index contributed by atoms with van der Waals surface area (Å²) in [4.78, 5) is 14.6. The number of benzene rings is 1. The first-order valence-corrected chi connectivity index (χ1v) is 10.6. The summed E-state index contributed by atoms with van der Waals surface area (Å²) in [5, 5.41) is 12.0. The average Bonchev–Trinajstić information content (AvgIpc) is 3.59. The predicted octanol–water partition coefficient (Wildman–Crippen LogP) is 5.19. The Balaban J connectivity index is 0.000000467. The largest absolute Gasteiger partial charge is 0.489 e. The molecule has 2 aliphatic rings. The standard InChI is InChI=1S/C18H17N3O3.C4H8.C2H6/c19-11-15-9-13(14-3-6-20-18(10-14)21-12-22)1-2-17(15)24-16-4-7-23-8-5-16;1-4-2-3-4;1-2/h1-3,6,9-10,12,16H,4-5,7-8H2,(H,20,21,22);4H,2-3H2,1H3;1-2H3. The van der Waals surface area contributed by atoms with Gasteiger partial charge in [0.25, 0.3) is 0 Å². The van der Waals surface area contributed by atoms with Crippen LogP contribution in [-0.2, 0) is 9.53 Å². The zero-order valence-electron chi connectivity index (χ0n) is 18.1. The molecule has 2 fully saturated rings. The third-order valence-corrected chi connectivity index (χ3v) is 4.73. The van der Waals surface area contributed by atoms with Crippen molar-refractivity contribution in [3.63, 3.8) is 0 Å². The first kappa shape index (κ1) is 23.4. The molecule has 6 heteroatoms. The van der Waals surface area contributed by atoms with Gasteiger partial charge in [0.15, 0.2) is 0 Å². The molecule has 160 valence electrons. The number of nitriles is 1. The number of carbonyl (C=O) groups is 1. The van der Waals surface area contributed by atoms with Gasteiger partial charge in [-0.25, -0.2) is 4.98 Å². The van der Waals surface area contributed by atoms with Gasteiger partial charge in [-0.05, 0) is 41.3 Å². The van der Waals surface area contributed by atoms with Gasteiger partial charge in [0.2, 0.25) is 6.41 Å². The van der Waals surface area contributed by atoms with Crippen molar-refractivity contribution in [2.45, 2.75) is 52.6 Å². The third kappa shape index (κ3) is 7.49. The SMILES string of the molecule is CC.CC1CC1.N#Cc1cc(-c2ccnc(NC=O)c2)ccc1OC1CCOCC1. The number of nitrogens with one attached hydrogen (secondary N) is 1. The second-order valence-electron chi connectivity index (χ2n) is 7.13. The molecule has 1 aliphatic carbocycles. The van der Waals surface area contributed by atoms with Gasteiger partial charge in [-0.1, -0.05) is 39.7 Å². The molecular formula is C24H31N3O3. The summed E-state index contributed by atoms with van der Waals surface area (Å²) in [5.41, 5.74) is 2.21. The van der Waals surface area contributed by atoms with Crippen LogP contribution in [0.3, 0.4) is 0 Å². The molecule has 1 aromatic heterocycles. The van der Waals surface area contributed by atoms with E-state index in [-0.39, 0.29) is 6.10 Å². The van der Waals surface area contributed by atoms with Crippen molar-refractivity contribution >= 4 is 12.2 Å². The number of hydrogen-bond acceptors (Lipinski definition) is 5. The van der Waals surface area contributed by atoms with E-state index in [9.17, 15) is 10.1 Å². The van der Waals surface area contributed by atoms with Gasteiger partial charge in [0.1, 0.15) is 23.7 Å². The van der Waals surface area contributed by atoms with Crippen molar-refractivity contribution in [2.75, 3.05) is 18.5 Å². The summed E-state index contributed by atoms with van der Waals surface area (Å²) in [6.45, 7) is 7.66. The number of aromatic nitrogens is 1. The lowest BCUT2D eigenvalue weighted by Gasteiger charge is -2.23. The van der Waals surface area contributed by atoms with Crippen LogP contribution in [-0.4, -0.2) is 30.7 Å². The molecule has 6 nitrogen and oxygen atoms in total. The van der Waals surface area contributed by atoms with Crippen molar-refractivity contribution in [1.82, 2.24) is 4.98 Å². The summed E-state index contributed by atoms with van der Waals surface area (Å²) in [6.07, 6.45) is 6.91. The zero-order chi connectivity index (χ0) is 21.8. The second-order valence-corrected chi connectivity index (χ2v) is 7.13. The smallest absolute Gasteiger partial charge is 0.212 e. The van der Waals surface area contributed by atoms with Gasteiger partial charge >= 0.3 is 0 Å². The van der Waals surface area contributed by atoms with Crippen LogP contribution in [0.5, 0.6) is 5.75 Å². The first-order valence-electron chi connectivity index (χ1n) is 10.6. The lowest BCUT2D eigenvalue weighted by atomic mass is 10.0. The molecule has 0 spiro atoms. The Labute approximate surface area is 179 Å². The quantitative estimate of drug-likeness (QED) is 0.687. The molecule has 0 bridgehead atoms. The van der Waals surface area contributed by atoms with Gasteiger partial charge in [0, 0.05) is 19.0 Å². The van der Waals surface area contributed by atoms with E-state index in [0.29, 0.717) is 36.8 Å². The molecule has 0 atom stereocenters. The Morgan fingerprint density at radius 2 is 1.80 bits per heavy atom. The molecule has 1 aliphatic heterocycles. The minimum Gasteiger partial charge on any atom is -0.489 e. The summed E-state index contributed by atoms with van der Waals surface area (Å²) >= 11 is 0. The monoisotopic (exact) mass is 409 g/mol. The molecule has 1 amide bonds. The van der Waals surface area contributed by atoms with Crippen molar-refractivity contribution in [3.05, 3.63) is 42.1 Å². The number of ether oxygens (including phenoxy) is 2. The number of nitrogens with zero attached hydrogens (tertiary/aromatic N) is 2. The molecular weight excluding hydrogens is 378 g/mol. The van der Waals surface area contributed by atoms with Crippen molar-refractivity contribution in [3.8, 4) is 22.9 Å². The average molecular weight is 410 g/mol. The molecule has 2 aromatic rings. The number of anilines is 1. The van der Waals surface area contributed by atoms with Crippen LogP contribution in [0, 0.1) is 17.2 Å². The highest BCUT2D eigenvalue weighted by atomic mass is 16.5. The van der Waals surface area contributed by atoms with Crippen LogP contribution in [0.2, 0.25) is 0 Å². The Kier molecular flexibility index (Phi) is 9.82. The van der Waals surface area contributed by atoms with E-state index in [4.69, 9.17) is 9.47 Å². The fourth-order valence-electron chi connectivity index (χ4n) is 2.79. The number of amides is 1. The van der Waals surface area contributed by atoms with E-state index in [2.05, 4.69) is 23.3 Å². The van der Waals surface area contributed by atoms with Crippen LogP contribution in [0.4, 0.5) is 5.82 Å². The highest BCUT2D eigenvalue weighted by Crippen LogP contribution is 2.29. The van der Waals surface area contributed by atoms with Crippen molar-refractivity contribution in [2.24, 2.45) is 5.92 Å². The number of carbonyl (C=O) groups excluding carboxylic acids is 1. The number of hydrogen-bond donors (Lipinski definition) is 1. The van der Waals surface area contributed by atoms with Gasteiger partial charge in [-0.2, -0.15) is 5.26 Å². The van der Waals surface area contributed by atoms with E-state index in [1.54, 1.807) is 18.3 Å². The normalized spacial score (nSPS) is 15.4. The Morgan fingerprint density at radius 3 is 2.40 bits per heavy atom. The summed E-state index contributed by atoms with van der Waals surface area (Å²) < 4.78 is 11.3. The second kappa shape index (κ2) is 12.6. The van der Waals surface area contributed by atoms with Crippen LogP contribution in [0.15, 0.2) is 36.5 Å². The molecule has 0 unspecified atom stereocenters. The van der Waals surface area contributed by atoms with Crippen LogP contribution in [0.25, 0.3) is 11.1 Å². The van der Waals surface area contributed by atoms with Crippen LogP contribution >= 0.6 is 0 Å². The predicted molar refractivity (Wildman–Crippen MR) is 118 cm³/mol. The molecule has 2 heterocycles. The molecule has 30 heavy (non-hydrogen) atoms. The van der Waals surface area contributed by atoms with E-state index < -0.39 is 0 Å². The molecule has 1 saturated carbocycles. The van der Waals surface area contributed by atoms with Crippen LogP contribution in [0.1, 0.15) is 52.0 Å². The summed E-state index contributed by atoms with van der Waals surface area (Å²) in [7, 11) is 0. The molecule has 1 N–H and O–H groups in total. The number of pyridine rings is 1. The Bertz CT molecular complexity index is 838. The molecule has 1 aromatic carbocycles. The maximum Gasteiger partial charge on any atom is 0.212 e. The van der Waals surface area contributed by atoms with E-state index in [1.165, 1.54) is 12.8 Å². The fraction of sp³-hybridized carbons (Fsp3) is 0.458. The fourth-order valence-corrected chi connectivity index (χ4v) is 2.79. The minimum absolute atomic E-state index is 0.0843. The molecule has 4 rings (SSSR count). The van der Waals surface area contributed by atoms with Gasteiger partial charge < -0.3 is 14.8 Å². The van der Waals surface area contributed by atoms with Gasteiger partial charge in [-0.3, -0.25) is 4.79 Å². The van der Waals surface area contributed by atoms with Crippen molar-refractivity contribution < 1.29 is 14.3 Å². The van der Waals surface area contributed by atoms with Crippen LogP contribution < -0.4 is 10.1 Å². The summed E-state index contributed by atoms with van der Waals surface area (Å²) in [6, 6.07) is 11.3. The lowest BCUT2D eigenvalue weighted by Crippen LogP contribution is -2.26.